The van der Waals surface area contributed by atoms with Gasteiger partial charge >= 0.3 is 0 Å². The normalized spacial score (nSPS) is 11.9. The van der Waals surface area contributed by atoms with Crippen molar-refractivity contribution in [1.82, 2.24) is 0 Å². The number of nitrogens with zero attached hydrogens (tertiary/aromatic N) is 1. The monoisotopic (exact) mass is 273 g/mol. The van der Waals surface area contributed by atoms with E-state index >= 15 is 0 Å². The highest BCUT2D eigenvalue weighted by Crippen LogP contribution is 2.25. The largest absolute Gasteiger partial charge is 0.497 e. The van der Waals surface area contributed by atoms with Gasteiger partial charge in [-0.1, -0.05) is 30.3 Å². The summed E-state index contributed by atoms with van der Waals surface area (Å²) < 4.78 is 5.05. The van der Waals surface area contributed by atoms with Gasteiger partial charge in [-0.05, 0) is 17.7 Å². The van der Waals surface area contributed by atoms with E-state index in [2.05, 4.69) is 0 Å². The first-order valence-electron chi connectivity index (χ1n) is 6.16. The maximum absolute atomic E-state index is 10.9. The van der Waals surface area contributed by atoms with E-state index in [1.807, 2.05) is 0 Å². The molecule has 0 aromatic heterocycles. The van der Waals surface area contributed by atoms with Gasteiger partial charge in [0.2, 0.25) is 0 Å². The fraction of sp³-hybridized carbons (Fsp3) is 0.200. The minimum absolute atomic E-state index is 0.0278. The summed E-state index contributed by atoms with van der Waals surface area (Å²) in [5.74, 6) is 0.701. The molecule has 2 aromatic rings. The lowest BCUT2D eigenvalue weighted by molar-refractivity contribution is -0.385. The van der Waals surface area contributed by atoms with Gasteiger partial charge in [0.05, 0.1) is 18.1 Å². The molecule has 1 N–H and O–H groups in total. The lowest BCUT2D eigenvalue weighted by atomic mass is 10.0. The lowest BCUT2D eigenvalue weighted by Gasteiger charge is -2.12. The molecule has 104 valence electrons. The second kappa shape index (κ2) is 6.16. The molecule has 0 aliphatic rings. The minimum Gasteiger partial charge on any atom is -0.497 e. The molecule has 5 heteroatoms. The van der Waals surface area contributed by atoms with Crippen LogP contribution < -0.4 is 4.74 Å². The Kier molecular flexibility index (Phi) is 4.32. The first kappa shape index (κ1) is 14.0. The van der Waals surface area contributed by atoms with Gasteiger partial charge in [0, 0.05) is 18.1 Å². The lowest BCUT2D eigenvalue weighted by Crippen LogP contribution is -2.04. The van der Waals surface area contributed by atoms with Crippen molar-refractivity contribution in [2.45, 2.75) is 12.5 Å². The molecule has 0 saturated carbocycles. The van der Waals surface area contributed by atoms with E-state index in [0.717, 1.165) is 0 Å². The van der Waals surface area contributed by atoms with Crippen molar-refractivity contribution in [2.75, 3.05) is 7.11 Å². The Hall–Kier alpha value is -2.40. The standard InChI is InChI=1S/C15H15NO4/c1-20-13-8-6-11(7-9-13)15(17)10-12-4-2-3-5-14(12)16(18)19/h2-9,15,17H,10H2,1H3. The highest BCUT2D eigenvalue weighted by Gasteiger charge is 2.17. The molecular weight excluding hydrogens is 258 g/mol. The molecule has 2 aromatic carbocycles. The first-order chi connectivity index (χ1) is 9.61. The van der Waals surface area contributed by atoms with Gasteiger partial charge in [0.25, 0.3) is 5.69 Å². The van der Waals surface area contributed by atoms with E-state index in [-0.39, 0.29) is 12.1 Å². The highest BCUT2D eigenvalue weighted by atomic mass is 16.6. The van der Waals surface area contributed by atoms with Gasteiger partial charge in [-0.25, -0.2) is 0 Å². The Bertz CT molecular complexity index is 595. The Morgan fingerprint density at radius 3 is 2.45 bits per heavy atom. The Morgan fingerprint density at radius 1 is 1.20 bits per heavy atom. The quantitative estimate of drug-likeness (QED) is 0.671. The van der Waals surface area contributed by atoms with Crippen LogP contribution in [0.5, 0.6) is 5.75 Å². The van der Waals surface area contributed by atoms with Crippen LogP contribution in [-0.2, 0) is 6.42 Å². The molecular formula is C15H15NO4. The summed E-state index contributed by atoms with van der Waals surface area (Å²) in [6, 6.07) is 13.4. The van der Waals surface area contributed by atoms with Gasteiger partial charge in [0.15, 0.2) is 0 Å². The molecule has 5 nitrogen and oxygen atoms in total. The SMILES string of the molecule is COc1ccc(C(O)Cc2ccccc2[N+](=O)[O-])cc1. The number of hydrogen-bond donors (Lipinski definition) is 1. The molecule has 0 bridgehead atoms. The number of benzene rings is 2. The van der Waals surface area contributed by atoms with E-state index in [0.29, 0.717) is 16.9 Å². The predicted molar refractivity (Wildman–Crippen MR) is 74.8 cm³/mol. The van der Waals surface area contributed by atoms with Crippen molar-refractivity contribution in [3.8, 4) is 5.75 Å². The van der Waals surface area contributed by atoms with Crippen molar-refractivity contribution in [1.29, 1.82) is 0 Å². The molecule has 0 aliphatic heterocycles. The average molecular weight is 273 g/mol. The summed E-state index contributed by atoms with van der Waals surface area (Å²) in [6.45, 7) is 0. The van der Waals surface area contributed by atoms with E-state index in [1.165, 1.54) is 6.07 Å². The van der Waals surface area contributed by atoms with Crippen LogP contribution in [0.4, 0.5) is 5.69 Å². The van der Waals surface area contributed by atoms with Crippen LogP contribution in [0.1, 0.15) is 17.2 Å². The van der Waals surface area contributed by atoms with Crippen molar-refractivity contribution in [2.24, 2.45) is 0 Å². The van der Waals surface area contributed by atoms with Gasteiger partial charge in [-0.2, -0.15) is 0 Å². The Balaban J connectivity index is 2.18. The molecule has 0 saturated heterocycles. The van der Waals surface area contributed by atoms with E-state index in [4.69, 9.17) is 4.74 Å². The predicted octanol–water partition coefficient (Wildman–Crippen LogP) is 2.88. The second-order valence-electron chi connectivity index (χ2n) is 4.38. The van der Waals surface area contributed by atoms with Crippen LogP contribution >= 0.6 is 0 Å². The summed E-state index contributed by atoms with van der Waals surface area (Å²) >= 11 is 0. The van der Waals surface area contributed by atoms with Crippen LogP contribution in [0, 0.1) is 10.1 Å². The van der Waals surface area contributed by atoms with Crippen molar-refractivity contribution >= 4 is 5.69 Å². The van der Waals surface area contributed by atoms with E-state index < -0.39 is 11.0 Å². The number of para-hydroxylation sites is 1. The van der Waals surface area contributed by atoms with Crippen LogP contribution in [0.3, 0.4) is 0 Å². The molecule has 20 heavy (non-hydrogen) atoms. The zero-order valence-electron chi connectivity index (χ0n) is 11.0. The molecule has 1 atom stereocenters. The minimum atomic E-state index is -0.790. The molecule has 0 aliphatic carbocycles. The highest BCUT2D eigenvalue weighted by molar-refractivity contribution is 5.41. The third-order valence-corrected chi connectivity index (χ3v) is 3.10. The summed E-state index contributed by atoms with van der Waals surface area (Å²) in [7, 11) is 1.57. The summed E-state index contributed by atoms with van der Waals surface area (Å²) in [4.78, 5) is 10.5. The van der Waals surface area contributed by atoms with Gasteiger partial charge in [-0.15, -0.1) is 0 Å². The second-order valence-corrected chi connectivity index (χ2v) is 4.38. The van der Waals surface area contributed by atoms with Gasteiger partial charge in [-0.3, -0.25) is 10.1 Å². The number of rotatable bonds is 5. The van der Waals surface area contributed by atoms with Crippen LogP contribution in [-0.4, -0.2) is 17.1 Å². The molecule has 0 heterocycles. The number of nitro groups is 1. The topological polar surface area (TPSA) is 72.6 Å². The summed E-state index contributed by atoms with van der Waals surface area (Å²) in [5.41, 5.74) is 1.24. The average Bonchev–Trinajstić information content (AvgIpc) is 2.47. The van der Waals surface area contributed by atoms with Crippen molar-refractivity contribution < 1.29 is 14.8 Å². The van der Waals surface area contributed by atoms with E-state index in [9.17, 15) is 15.2 Å². The zero-order chi connectivity index (χ0) is 14.5. The summed E-state index contributed by atoms with van der Waals surface area (Å²) in [5, 5.41) is 21.1. The number of methoxy groups -OCH3 is 1. The number of aliphatic hydroxyl groups is 1. The number of nitro benzene ring substituents is 1. The smallest absolute Gasteiger partial charge is 0.272 e. The first-order valence-corrected chi connectivity index (χ1v) is 6.16. The third-order valence-electron chi connectivity index (χ3n) is 3.10. The van der Waals surface area contributed by atoms with Crippen LogP contribution in [0.15, 0.2) is 48.5 Å². The molecule has 0 amide bonds. The van der Waals surface area contributed by atoms with Crippen LogP contribution in [0.25, 0.3) is 0 Å². The van der Waals surface area contributed by atoms with E-state index in [1.54, 1.807) is 49.6 Å². The summed E-state index contributed by atoms with van der Waals surface area (Å²) in [6.07, 6.45) is -0.592. The zero-order valence-corrected chi connectivity index (χ0v) is 11.0. The van der Waals surface area contributed by atoms with Gasteiger partial charge in [0.1, 0.15) is 5.75 Å². The van der Waals surface area contributed by atoms with Gasteiger partial charge < -0.3 is 9.84 Å². The number of ether oxygens (including phenoxy) is 1. The molecule has 1 unspecified atom stereocenters. The number of aliphatic hydroxyl groups excluding tert-OH is 1. The Labute approximate surface area is 116 Å². The van der Waals surface area contributed by atoms with Crippen molar-refractivity contribution in [3.63, 3.8) is 0 Å². The molecule has 0 fully saturated rings. The van der Waals surface area contributed by atoms with Crippen LogP contribution in [0.2, 0.25) is 0 Å². The Morgan fingerprint density at radius 2 is 1.85 bits per heavy atom. The fourth-order valence-corrected chi connectivity index (χ4v) is 2.01. The third kappa shape index (κ3) is 3.13. The molecule has 0 radical (unpaired) electrons. The van der Waals surface area contributed by atoms with Crippen molar-refractivity contribution in [3.05, 3.63) is 69.8 Å². The molecule has 2 rings (SSSR count). The fourth-order valence-electron chi connectivity index (χ4n) is 2.01. The maximum Gasteiger partial charge on any atom is 0.272 e. The maximum atomic E-state index is 10.9. The molecule has 0 spiro atoms. The number of hydrogen-bond acceptors (Lipinski definition) is 4.